The summed E-state index contributed by atoms with van der Waals surface area (Å²) in [5.41, 5.74) is 5.03. The van der Waals surface area contributed by atoms with Crippen LogP contribution in [0.3, 0.4) is 0 Å². The largest absolute Gasteiger partial charge is 1.00 e. The molecule has 0 spiro atoms. The number of para-hydroxylation sites is 2. The predicted molar refractivity (Wildman–Crippen MR) is 249 cm³/mol. The molecule has 15 nitrogen and oxygen atoms in total. The average Bonchev–Trinajstić information content (AvgIpc) is 3.98. The minimum Gasteiger partial charge on any atom is -1.00 e. The number of methoxy groups -OCH3 is 1. The van der Waals surface area contributed by atoms with Crippen molar-refractivity contribution in [3.8, 4) is 11.8 Å². The van der Waals surface area contributed by atoms with Gasteiger partial charge < -0.3 is 48.9 Å². The zero-order valence-corrected chi connectivity index (χ0v) is 39.9. The fraction of sp³-hybridized carbons (Fsp3) is 0.184. The normalized spacial score (nSPS) is 15.7. The second kappa shape index (κ2) is 20.6. The number of aromatic nitrogens is 4. The zero-order chi connectivity index (χ0) is 45.6. The van der Waals surface area contributed by atoms with Gasteiger partial charge in [0.05, 0.1) is 12.3 Å². The lowest BCUT2D eigenvalue weighted by Gasteiger charge is -2.49. The van der Waals surface area contributed by atoms with E-state index in [1.807, 2.05) is 78.9 Å². The number of nitrogens with one attached hydrogen (secondary N) is 2. The van der Waals surface area contributed by atoms with Crippen LogP contribution < -0.4 is 44.0 Å². The summed E-state index contributed by atoms with van der Waals surface area (Å²) >= 11 is 2.69. The van der Waals surface area contributed by atoms with E-state index >= 15 is 0 Å². The average molecular weight is 1040 g/mol. The number of hydrogen-bond donors (Lipinski definition) is 2. The van der Waals surface area contributed by atoms with Crippen molar-refractivity contribution in [3.05, 3.63) is 184 Å². The maximum atomic E-state index is 14.3. The molecule has 1 saturated heterocycles. The minimum atomic E-state index is -1.02. The van der Waals surface area contributed by atoms with Crippen molar-refractivity contribution in [3.63, 3.8) is 0 Å². The highest BCUT2D eigenvalue weighted by Gasteiger charge is 2.55. The maximum Gasteiger partial charge on any atom is 0.355 e. The number of ether oxygens (including phenoxy) is 2. The first-order valence-electron chi connectivity index (χ1n) is 20.8. The van der Waals surface area contributed by atoms with Gasteiger partial charge in [-0.25, -0.2) is 9.78 Å². The van der Waals surface area contributed by atoms with Gasteiger partial charge in [0.1, 0.15) is 60.4 Å². The lowest BCUT2D eigenvalue weighted by molar-refractivity contribution is -0.725. The van der Waals surface area contributed by atoms with E-state index < -0.39 is 34.7 Å². The molecule has 338 valence electrons. The lowest BCUT2D eigenvalue weighted by Crippen LogP contribution is -3.00. The number of esters is 1. The molecule has 0 unspecified atom stereocenters. The summed E-state index contributed by atoms with van der Waals surface area (Å²) in [5.74, 6) is -0.922. The number of thioether (sulfide) groups is 1. The Labute approximate surface area is 411 Å². The SMILES string of the molecule is CO/N=C(\C(=O)N[C@@H]1C(=O)N2C(C(=O)OCc3ccc(OC)cc3)=C(C[n+]3nn(CC#N)c4ccccc43)CS[C@H]12)c1csc(NC(c2ccccc2)(c2ccccc2)c2ccccc2)n1.[I-]. The first-order valence-corrected chi connectivity index (χ1v) is 22.8. The molecule has 1 fully saturated rings. The molecule has 2 aliphatic heterocycles. The molecule has 2 N–H and O–H groups in total. The number of benzene rings is 5. The van der Waals surface area contributed by atoms with E-state index in [0.717, 1.165) is 33.3 Å². The van der Waals surface area contributed by atoms with Crippen molar-refractivity contribution in [1.29, 1.82) is 5.26 Å². The van der Waals surface area contributed by atoms with Crippen molar-refractivity contribution in [1.82, 2.24) is 25.1 Å². The van der Waals surface area contributed by atoms with Crippen LogP contribution in [0.5, 0.6) is 5.75 Å². The van der Waals surface area contributed by atoms with Crippen LogP contribution in [0.1, 0.15) is 27.9 Å². The molecular weight excluding hydrogens is 1000 g/mol. The first-order chi connectivity index (χ1) is 32.3. The molecule has 0 saturated carbocycles. The number of rotatable bonds is 16. The highest BCUT2D eigenvalue weighted by molar-refractivity contribution is 8.00. The molecule has 2 amide bonds. The second-order valence-electron chi connectivity index (χ2n) is 15.2. The Hall–Kier alpha value is -7.08. The van der Waals surface area contributed by atoms with Crippen LogP contribution in [-0.2, 0) is 49.2 Å². The number of hydrogen-bond acceptors (Lipinski definition) is 13. The second-order valence-corrected chi connectivity index (χ2v) is 17.2. The summed E-state index contributed by atoms with van der Waals surface area (Å²) in [5, 5.41) is 26.4. The Bertz CT molecular complexity index is 2920. The number of thiazole rings is 1. The molecule has 5 aromatic carbocycles. The minimum absolute atomic E-state index is 0. The van der Waals surface area contributed by atoms with E-state index in [1.165, 1.54) is 35.1 Å². The van der Waals surface area contributed by atoms with Crippen LogP contribution in [0, 0.1) is 11.3 Å². The number of nitriles is 1. The third-order valence-corrected chi connectivity index (χ3v) is 13.4. The predicted octanol–water partition coefficient (Wildman–Crippen LogP) is 3.17. The smallest absolute Gasteiger partial charge is 0.355 e. The summed E-state index contributed by atoms with van der Waals surface area (Å²) in [6.07, 6.45) is 0. The molecule has 2 aliphatic rings. The standard InChI is InChI=1S/C49H41N9O6S2.HI/c1-62-37-24-22-32(23-25-37)29-64-47(61)43-33(28-57-40-21-13-12-20-39(40)56(55-57)27-26-50)30-65-46-42(45(60)58(43)46)52-44(59)41(54-63-2)38-31-66-48(51-38)53-49(34-14-6-3-7-15-34,35-16-8-4-9-17-35)36-18-10-5-11-19-36;/h3-25,31,42,46H,27-30H2,1-2H3,(H-,51,52,53,59);1H/b54-41-;/t42-,46-;/m1./s1. The molecule has 4 heterocycles. The fourth-order valence-electron chi connectivity index (χ4n) is 8.23. The summed E-state index contributed by atoms with van der Waals surface area (Å²) in [6.45, 7) is 0.101. The lowest BCUT2D eigenvalue weighted by atomic mass is 9.77. The Morgan fingerprint density at radius 1 is 0.896 bits per heavy atom. The molecule has 0 radical (unpaired) electrons. The summed E-state index contributed by atoms with van der Waals surface area (Å²) in [4.78, 5) is 54.1. The van der Waals surface area contributed by atoms with Gasteiger partial charge >= 0.3 is 5.97 Å². The number of halogens is 1. The van der Waals surface area contributed by atoms with Crippen LogP contribution in [0.15, 0.2) is 161 Å². The van der Waals surface area contributed by atoms with Gasteiger partial charge in [0.15, 0.2) is 28.4 Å². The molecule has 2 atom stereocenters. The molecule has 0 aliphatic carbocycles. The third-order valence-electron chi connectivity index (χ3n) is 11.3. The van der Waals surface area contributed by atoms with Gasteiger partial charge in [0.2, 0.25) is 0 Å². The monoisotopic (exact) mass is 1040 g/mol. The first kappa shape index (κ1) is 46.4. The highest BCUT2D eigenvalue weighted by Crippen LogP contribution is 2.42. The van der Waals surface area contributed by atoms with Crippen molar-refractivity contribution in [2.45, 2.75) is 36.7 Å². The van der Waals surface area contributed by atoms with Crippen molar-refractivity contribution < 1.29 is 57.4 Å². The van der Waals surface area contributed by atoms with Gasteiger partial charge in [-0.3, -0.25) is 14.5 Å². The summed E-state index contributed by atoms with van der Waals surface area (Å²) in [6, 6.07) is 45.9. The van der Waals surface area contributed by atoms with E-state index in [-0.39, 0.29) is 60.8 Å². The molecule has 18 heteroatoms. The zero-order valence-electron chi connectivity index (χ0n) is 36.1. The van der Waals surface area contributed by atoms with Crippen molar-refractivity contribution in [2.24, 2.45) is 5.16 Å². The highest BCUT2D eigenvalue weighted by atomic mass is 127. The number of anilines is 1. The number of carbonyl (C=O) groups excluding carboxylic acids is 3. The third kappa shape index (κ3) is 9.22. The van der Waals surface area contributed by atoms with Gasteiger partial charge in [0, 0.05) is 16.7 Å². The van der Waals surface area contributed by atoms with Gasteiger partial charge in [-0.2, -0.15) is 5.26 Å². The quantitative estimate of drug-likeness (QED) is 0.0277. The van der Waals surface area contributed by atoms with Crippen LogP contribution in [-0.4, -0.2) is 74.7 Å². The van der Waals surface area contributed by atoms with Crippen LogP contribution in [0.4, 0.5) is 5.13 Å². The number of amides is 2. The van der Waals surface area contributed by atoms with Gasteiger partial charge in [0.25, 0.3) is 11.8 Å². The Morgan fingerprint density at radius 3 is 2.13 bits per heavy atom. The van der Waals surface area contributed by atoms with E-state index in [4.69, 9.17) is 19.3 Å². The number of β-lactam (4-membered cyclic amide) rings is 1. The van der Waals surface area contributed by atoms with E-state index in [1.54, 1.807) is 46.1 Å². The summed E-state index contributed by atoms with van der Waals surface area (Å²) in [7, 11) is 2.90. The van der Waals surface area contributed by atoms with Crippen LogP contribution >= 0.6 is 23.1 Å². The number of nitrogens with zero attached hydrogens (tertiary/aromatic N) is 7. The Balaban J connectivity index is 0.00000608. The van der Waals surface area contributed by atoms with E-state index in [9.17, 15) is 19.6 Å². The summed E-state index contributed by atoms with van der Waals surface area (Å²) < 4.78 is 14.4. The van der Waals surface area contributed by atoms with E-state index in [0.29, 0.717) is 22.2 Å². The number of carbonyl (C=O) groups is 3. The van der Waals surface area contributed by atoms with Gasteiger partial charge in [-0.05, 0) is 46.5 Å². The molecule has 9 rings (SSSR count). The Kier molecular flexibility index (Phi) is 14.3. The molecule has 7 aromatic rings. The Morgan fingerprint density at radius 2 is 1.52 bits per heavy atom. The van der Waals surface area contributed by atoms with Crippen molar-refractivity contribution >= 4 is 62.8 Å². The number of oxime groups is 1. The molecule has 0 bridgehead atoms. The molecule has 2 aromatic heterocycles. The fourth-order valence-corrected chi connectivity index (χ4v) is 10.3. The van der Waals surface area contributed by atoms with Crippen LogP contribution in [0.2, 0.25) is 0 Å². The van der Waals surface area contributed by atoms with Crippen molar-refractivity contribution in [2.75, 3.05) is 25.3 Å². The van der Waals surface area contributed by atoms with Crippen LogP contribution in [0.25, 0.3) is 11.0 Å². The molecular formula is C49H42IN9O6S2. The van der Waals surface area contributed by atoms with Gasteiger partial charge in [-0.1, -0.05) is 120 Å². The number of fused-ring (bicyclic) bond motifs is 2. The topological polar surface area (TPSA) is 177 Å². The van der Waals surface area contributed by atoms with Gasteiger partial charge in [-0.15, -0.1) is 32.5 Å². The molecule has 67 heavy (non-hydrogen) atoms. The van der Waals surface area contributed by atoms with E-state index in [2.05, 4.69) is 63.5 Å². The maximum absolute atomic E-state index is 14.3.